The molecule has 1 aromatic carbocycles. The van der Waals surface area contributed by atoms with Crippen LogP contribution < -0.4 is 0 Å². The Morgan fingerprint density at radius 3 is 2.60 bits per heavy atom. The van der Waals surface area contributed by atoms with Crippen LogP contribution >= 0.6 is 0 Å². The number of carboxylic acid groups (broad SMARTS) is 1. The minimum absolute atomic E-state index is 0.0649. The number of benzene rings is 1. The third kappa shape index (κ3) is 4.18. The Labute approximate surface area is 147 Å². The molecule has 0 aromatic heterocycles. The lowest BCUT2D eigenvalue weighted by molar-refractivity contribution is -0.163. The van der Waals surface area contributed by atoms with Gasteiger partial charge in [-0.1, -0.05) is 13.8 Å². The summed E-state index contributed by atoms with van der Waals surface area (Å²) < 4.78 is 13.6. The second-order valence-corrected chi connectivity index (χ2v) is 7.44. The largest absolute Gasteiger partial charge is 0.481 e. The number of aryl methyl sites for hydroxylation is 1. The monoisotopic (exact) mass is 351 g/mol. The van der Waals surface area contributed by atoms with E-state index in [1.165, 1.54) is 11.0 Å². The Balaban J connectivity index is 2.27. The lowest BCUT2D eigenvalue weighted by Gasteiger charge is -2.43. The number of rotatable bonds is 5. The van der Waals surface area contributed by atoms with Crippen molar-refractivity contribution in [3.05, 3.63) is 35.1 Å². The van der Waals surface area contributed by atoms with Crippen molar-refractivity contribution in [1.82, 2.24) is 4.90 Å². The van der Waals surface area contributed by atoms with Crippen LogP contribution in [0.4, 0.5) is 4.39 Å². The number of likely N-dealkylation sites (tertiary alicyclic amines) is 1. The maximum Gasteiger partial charge on any atom is 0.314 e. The maximum atomic E-state index is 13.6. The van der Waals surface area contributed by atoms with E-state index >= 15 is 0 Å². The summed E-state index contributed by atoms with van der Waals surface area (Å²) in [4.78, 5) is 26.1. The van der Waals surface area contributed by atoms with Crippen LogP contribution in [0.2, 0.25) is 0 Å². The SMILES string of the molecule is Cc1cc(F)cc(C(=O)N2CC[C@@H](O)[C@](CCC(C)C)(C(=O)O)C2)c1. The molecule has 1 heterocycles. The molecule has 1 fully saturated rings. The van der Waals surface area contributed by atoms with E-state index in [1.807, 2.05) is 13.8 Å². The fourth-order valence-electron chi connectivity index (χ4n) is 3.40. The van der Waals surface area contributed by atoms with Crippen molar-refractivity contribution in [2.24, 2.45) is 11.3 Å². The van der Waals surface area contributed by atoms with E-state index in [2.05, 4.69) is 0 Å². The van der Waals surface area contributed by atoms with Gasteiger partial charge in [0.2, 0.25) is 0 Å². The van der Waals surface area contributed by atoms with Crippen molar-refractivity contribution >= 4 is 11.9 Å². The van der Waals surface area contributed by atoms with Crippen molar-refractivity contribution in [3.8, 4) is 0 Å². The van der Waals surface area contributed by atoms with Gasteiger partial charge in [0.15, 0.2) is 0 Å². The predicted molar refractivity (Wildman–Crippen MR) is 91.8 cm³/mol. The molecular weight excluding hydrogens is 325 g/mol. The Morgan fingerprint density at radius 2 is 2.04 bits per heavy atom. The molecule has 0 saturated carbocycles. The topological polar surface area (TPSA) is 77.8 Å². The van der Waals surface area contributed by atoms with Crippen LogP contribution in [0.1, 0.15) is 49.0 Å². The Bertz CT molecular complexity index is 641. The summed E-state index contributed by atoms with van der Waals surface area (Å²) in [6, 6.07) is 4.09. The molecule has 1 aromatic rings. The summed E-state index contributed by atoms with van der Waals surface area (Å²) in [7, 11) is 0. The predicted octanol–water partition coefficient (Wildman–Crippen LogP) is 2.85. The molecule has 2 atom stereocenters. The first-order valence-electron chi connectivity index (χ1n) is 8.63. The molecule has 0 radical (unpaired) electrons. The zero-order valence-corrected chi connectivity index (χ0v) is 15.0. The van der Waals surface area contributed by atoms with Gasteiger partial charge in [-0.25, -0.2) is 4.39 Å². The number of carbonyl (C=O) groups is 2. The van der Waals surface area contributed by atoms with Gasteiger partial charge in [0.25, 0.3) is 5.91 Å². The Morgan fingerprint density at radius 1 is 1.36 bits per heavy atom. The maximum absolute atomic E-state index is 13.6. The summed E-state index contributed by atoms with van der Waals surface area (Å²) in [6.45, 7) is 5.87. The molecule has 1 saturated heterocycles. The van der Waals surface area contributed by atoms with Gasteiger partial charge in [0.1, 0.15) is 11.2 Å². The molecule has 5 nitrogen and oxygen atoms in total. The number of halogens is 1. The molecule has 1 aliphatic rings. The fraction of sp³-hybridized carbons (Fsp3) is 0.579. The third-order valence-corrected chi connectivity index (χ3v) is 4.95. The number of carbonyl (C=O) groups excluding carboxylic acids is 1. The number of aliphatic hydroxyl groups excluding tert-OH is 1. The summed E-state index contributed by atoms with van der Waals surface area (Å²) in [5, 5.41) is 20.2. The number of nitrogens with zero attached hydrogens (tertiary/aromatic N) is 1. The second-order valence-electron chi connectivity index (χ2n) is 7.44. The highest BCUT2D eigenvalue weighted by Gasteiger charge is 2.49. The van der Waals surface area contributed by atoms with E-state index in [0.717, 1.165) is 6.07 Å². The van der Waals surface area contributed by atoms with Crippen LogP contribution in [-0.4, -0.2) is 46.2 Å². The highest BCUT2D eigenvalue weighted by Crippen LogP contribution is 2.37. The first-order valence-corrected chi connectivity index (χ1v) is 8.63. The van der Waals surface area contributed by atoms with Gasteiger partial charge in [0.05, 0.1) is 6.10 Å². The van der Waals surface area contributed by atoms with Crippen LogP contribution in [0.5, 0.6) is 0 Å². The van der Waals surface area contributed by atoms with Crippen LogP contribution in [0.15, 0.2) is 18.2 Å². The molecule has 0 unspecified atom stereocenters. The van der Waals surface area contributed by atoms with E-state index in [9.17, 15) is 24.2 Å². The molecule has 6 heteroatoms. The Hall–Kier alpha value is -1.95. The van der Waals surface area contributed by atoms with Crippen molar-refractivity contribution in [3.63, 3.8) is 0 Å². The van der Waals surface area contributed by atoms with Crippen molar-refractivity contribution in [2.75, 3.05) is 13.1 Å². The number of aliphatic hydroxyl groups is 1. The molecule has 138 valence electrons. The molecule has 0 spiro atoms. The van der Waals surface area contributed by atoms with Crippen molar-refractivity contribution in [2.45, 2.75) is 46.1 Å². The highest BCUT2D eigenvalue weighted by molar-refractivity contribution is 5.95. The van der Waals surface area contributed by atoms with Crippen LogP contribution in [0, 0.1) is 24.1 Å². The molecule has 0 aliphatic carbocycles. The van der Waals surface area contributed by atoms with Gasteiger partial charge in [-0.15, -0.1) is 0 Å². The lowest BCUT2D eigenvalue weighted by Crippen LogP contribution is -2.57. The van der Waals surface area contributed by atoms with Gasteiger partial charge in [-0.3, -0.25) is 9.59 Å². The van der Waals surface area contributed by atoms with Gasteiger partial charge < -0.3 is 15.1 Å². The number of hydrogen-bond acceptors (Lipinski definition) is 3. The normalized spacial score (nSPS) is 23.8. The van der Waals surface area contributed by atoms with Crippen molar-refractivity contribution < 1.29 is 24.2 Å². The average Bonchev–Trinajstić information content (AvgIpc) is 2.52. The minimum atomic E-state index is -1.37. The Kier molecular flexibility index (Phi) is 5.83. The van der Waals surface area contributed by atoms with Crippen molar-refractivity contribution in [1.29, 1.82) is 0 Å². The van der Waals surface area contributed by atoms with E-state index in [4.69, 9.17) is 0 Å². The van der Waals surface area contributed by atoms with Crippen LogP contribution in [0.3, 0.4) is 0 Å². The molecule has 0 bridgehead atoms. The van der Waals surface area contributed by atoms with Crippen LogP contribution in [-0.2, 0) is 4.79 Å². The van der Waals surface area contributed by atoms with Gasteiger partial charge in [0, 0.05) is 18.7 Å². The standard InChI is InChI=1S/C19H26FNO4/c1-12(2)4-6-19(18(24)25)11-21(7-5-16(19)22)17(23)14-8-13(3)9-15(20)10-14/h8-10,12,16,22H,4-7,11H2,1-3H3,(H,24,25)/t16-,19-/m1/s1. The third-order valence-electron chi connectivity index (χ3n) is 4.95. The van der Waals surface area contributed by atoms with E-state index in [0.29, 0.717) is 24.3 Å². The summed E-state index contributed by atoms with van der Waals surface area (Å²) in [6.07, 6.45) is 0.143. The van der Waals surface area contributed by atoms with E-state index < -0.39 is 29.2 Å². The minimum Gasteiger partial charge on any atom is -0.481 e. The zero-order chi connectivity index (χ0) is 18.8. The number of carboxylic acids is 1. The lowest BCUT2D eigenvalue weighted by atomic mass is 9.72. The van der Waals surface area contributed by atoms with Crippen LogP contribution in [0.25, 0.3) is 0 Å². The van der Waals surface area contributed by atoms with Gasteiger partial charge in [-0.05, 0) is 55.9 Å². The first-order chi connectivity index (χ1) is 11.7. The highest BCUT2D eigenvalue weighted by atomic mass is 19.1. The number of piperidine rings is 1. The number of amides is 1. The quantitative estimate of drug-likeness (QED) is 0.855. The van der Waals surface area contributed by atoms with E-state index in [1.54, 1.807) is 13.0 Å². The summed E-state index contributed by atoms with van der Waals surface area (Å²) in [5.41, 5.74) is -0.540. The molecule has 1 amide bonds. The summed E-state index contributed by atoms with van der Waals surface area (Å²) in [5.74, 6) is -1.69. The number of aliphatic carboxylic acids is 1. The first kappa shape index (κ1) is 19.4. The molecule has 25 heavy (non-hydrogen) atoms. The molecular formula is C19H26FNO4. The zero-order valence-electron chi connectivity index (χ0n) is 15.0. The molecule has 1 aliphatic heterocycles. The smallest absolute Gasteiger partial charge is 0.314 e. The van der Waals surface area contributed by atoms with Gasteiger partial charge >= 0.3 is 5.97 Å². The number of hydrogen-bond donors (Lipinski definition) is 2. The van der Waals surface area contributed by atoms with Gasteiger partial charge in [-0.2, -0.15) is 0 Å². The van der Waals surface area contributed by atoms with E-state index in [-0.39, 0.29) is 25.1 Å². The second kappa shape index (κ2) is 7.52. The fourth-order valence-corrected chi connectivity index (χ4v) is 3.40. The summed E-state index contributed by atoms with van der Waals surface area (Å²) >= 11 is 0. The molecule has 2 rings (SSSR count). The average molecular weight is 351 g/mol. The molecule has 2 N–H and O–H groups in total.